The maximum atomic E-state index is 4.38. The van der Waals surface area contributed by atoms with Gasteiger partial charge in [0.25, 0.3) is 0 Å². The summed E-state index contributed by atoms with van der Waals surface area (Å²) in [5.74, 6) is 0.536. The molecule has 4 rings (SSSR count). The molecule has 0 amide bonds. The monoisotopic (exact) mass is 275 g/mol. The van der Waals surface area contributed by atoms with Gasteiger partial charge >= 0.3 is 0 Å². The highest BCUT2D eigenvalue weighted by atomic mass is 15.2. The van der Waals surface area contributed by atoms with Crippen molar-refractivity contribution in [3.63, 3.8) is 0 Å². The first-order valence-electron chi connectivity index (χ1n) is 7.82. The van der Waals surface area contributed by atoms with E-state index in [1.807, 2.05) is 0 Å². The molecule has 2 aromatic carbocycles. The molecule has 0 spiro atoms. The normalized spacial score (nSPS) is 28.2. The Balaban J connectivity index is 1.79. The van der Waals surface area contributed by atoms with Crippen molar-refractivity contribution in [2.45, 2.75) is 32.0 Å². The smallest absolute Gasteiger partial charge is 0.0423 e. The van der Waals surface area contributed by atoms with Gasteiger partial charge in [0.05, 0.1) is 0 Å². The minimum atomic E-state index is 0.465. The Morgan fingerprint density at radius 1 is 1.00 bits per heavy atom. The fraction of sp³-hybridized carbons (Fsp3) is 0.300. The molecule has 0 aliphatic carbocycles. The first kappa shape index (κ1) is 12.8. The zero-order valence-electron chi connectivity index (χ0n) is 12.5. The summed E-state index contributed by atoms with van der Waals surface area (Å²) in [5.41, 5.74) is 5.81. The van der Waals surface area contributed by atoms with Crippen LogP contribution in [0.5, 0.6) is 0 Å². The lowest BCUT2D eigenvalue weighted by atomic mass is 9.80. The largest absolute Gasteiger partial charge is 0.284 e. The Morgan fingerprint density at radius 3 is 2.52 bits per heavy atom. The number of rotatable bonds is 1. The minimum Gasteiger partial charge on any atom is -0.284 e. The second-order valence-corrected chi connectivity index (χ2v) is 6.39. The van der Waals surface area contributed by atoms with Gasteiger partial charge in [-0.05, 0) is 29.0 Å². The SMILES string of the molecule is C=C1C[C@@H](c2ccccc2)N2Cc3ccccc3[C@H]2[C@H]1C. The lowest BCUT2D eigenvalue weighted by Gasteiger charge is -2.43. The molecule has 1 saturated heterocycles. The number of nitrogens with zero attached hydrogens (tertiary/aromatic N) is 1. The van der Waals surface area contributed by atoms with Crippen LogP contribution in [-0.2, 0) is 6.54 Å². The van der Waals surface area contributed by atoms with Gasteiger partial charge in [0.2, 0.25) is 0 Å². The van der Waals surface area contributed by atoms with E-state index in [-0.39, 0.29) is 0 Å². The van der Waals surface area contributed by atoms with Gasteiger partial charge in [0.15, 0.2) is 0 Å². The summed E-state index contributed by atoms with van der Waals surface area (Å²) in [6.45, 7) is 7.78. The molecule has 0 N–H and O–H groups in total. The molecule has 106 valence electrons. The number of fused-ring (bicyclic) bond motifs is 3. The molecule has 2 heterocycles. The van der Waals surface area contributed by atoms with Crippen molar-refractivity contribution in [3.05, 3.63) is 83.4 Å². The Hall–Kier alpha value is -1.86. The van der Waals surface area contributed by atoms with Crippen LogP contribution in [0.2, 0.25) is 0 Å². The summed E-state index contributed by atoms with van der Waals surface area (Å²) in [6.07, 6.45) is 1.08. The van der Waals surface area contributed by atoms with Crippen molar-refractivity contribution in [1.82, 2.24) is 4.90 Å². The number of hydrogen-bond donors (Lipinski definition) is 0. The van der Waals surface area contributed by atoms with Gasteiger partial charge in [-0.25, -0.2) is 0 Å². The fourth-order valence-corrected chi connectivity index (χ4v) is 4.06. The molecular weight excluding hydrogens is 254 g/mol. The lowest BCUT2D eigenvalue weighted by Crippen LogP contribution is -2.36. The zero-order chi connectivity index (χ0) is 14.4. The summed E-state index contributed by atoms with van der Waals surface area (Å²) in [6, 6.07) is 20.8. The van der Waals surface area contributed by atoms with E-state index in [1.54, 1.807) is 0 Å². The average molecular weight is 275 g/mol. The third-order valence-corrected chi connectivity index (χ3v) is 5.24. The van der Waals surface area contributed by atoms with Crippen molar-refractivity contribution in [1.29, 1.82) is 0 Å². The standard InChI is InChI=1S/C20H21N/c1-14-12-19(16-8-4-3-5-9-16)21-13-17-10-6-7-11-18(17)20(21)15(14)2/h3-11,15,19-20H,1,12-13H2,2H3/t15-,19-,20+/m0/s1. The van der Waals surface area contributed by atoms with Crippen molar-refractivity contribution in [2.75, 3.05) is 0 Å². The van der Waals surface area contributed by atoms with Gasteiger partial charge in [-0.15, -0.1) is 0 Å². The van der Waals surface area contributed by atoms with E-state index in [0.717, 1.165) is 13.0 Å². The maximum Gasteiger partial charge on any atom is 0.0423 e. The predicted molar refractivity (Wildman–Crippen MR) is 86.8 cm³/mol. The molecule has 3 atom stereocenters. The summed E-state index contributed by atoms with van der Waals surface area (Å²) in [5, 5.41) is 0. The van der Waals surface area contributed by atoms with Gasteiger partial charge < -0.3 is 0 Å². The minimum absolute atomic E-state index is 0.465. The highest BCUT2D eigenvalue weighted by Gasteiger charge is 2.42. The second kappa shape index (κ2) is 4.85. The molecule has 0 unspecified atom stereocenters. The lowest BCUT2D eigenvalue weighted by molar-refractivity contribution is 0.0865. The van der Waals surface area contributed by atoms with E-state index in [4.69, 9.17) is 0 Å². The third-order valence-electron chi connectivity index (χ3n) is 5.24. The first-order valence-corrected chi connectivity index (χ1v) is 7.82. The highest BCUT2D eigenvalue weighted by molar-refractivity contribution is 5.39. The van der Waals surface area contributed by atoms with Crippen LogP contribution in [0, 0.1) is 5.92 Å². The topological polar surface area (TPSA) is 3.24 Å². The number of piperidine rings is 1. The van der Waals surface area contributed by atoms with E-state index in [1.165, 1.54) is 22.3 Å². The maximum absolute atomic E-state index is 4.38. The van der Waals surface area contributed by atoms with Crippen LogP contribution >= 0.6 is 0 Å². The molecule has 1 fully saturated rings. The van der Waals surface area contributed by atoms with E-state index in [0.29, 0.717) is 18.0 Å². The molecule has 1 heteroatoms. The second-order valence-electron chi connectivity index (χ2n) is 6.39. The molecule has 0 aromatic heterocycles. The van der Waals surface area contributed by atoms with E-state index >= 15 is 0 Å². The van der Waals surface area contributed by atoms with Crippen molar-refractivity contribution >= 4 is 0 Å². The Morgan fingerprint density at radius 2 is 1.71 bits per heavy atom. The molecule has 0 radical (unpaired) electrons. The Bertz CT molecular complexity index is 673. The molecule has 1 nitrogen and oxygen atoms in total. The molecule has 2 aliphatic rings. The van der Waals surface area contributed by atoms with Crippen LogP contribution in [0.1, 0.15) is 42.1 Å². The molecule has 0 bridgehead atoms. The van der Waals surface area contributed by atoms with E-state index in [2.05, 4.69) is 73.0 Å². The van der Waals surface area contributed by atoms with Gasteiger partial charge in [0, 0.05) is 18.6 Å². The van der Waals surface area contributed by atoms with Gasteiger partial charge in [-0.2, -0.15) is 0 Å². The van der Waals surface area contributed by atoms with Gasteiger partial charge in [0.1, 0.15) is 0 Å². The van der Waals surface area contributed by atoms with Crippen LogP contribution in [0.25, 0.3) is 0 Å². The van der Waals surface area contributed by atoms with Gasteiger partial charge in [-0.3, -0.25) is 4.90 Å². The number of benzene rings is 2. The molecule has 2 aliphatic heterocycles. The third kappa shape index (κ3) is 1.96. The Labute approximate surface area is 126 Å². The van der Waals surface area contributed by atoms with Crippen LogP contribution in [-0.4, -0.2) is 4.90 Å². The van der Waals surface area contributed by atoms with Gasteiger partial charge in [-0.1, -0.05) is 73.7 Å². The number of hydrogen-bond acceptors (Lipinski definition) is 1. The highest BCUT2D eigenvalue weighted by Crippen LogP contribution is 2.51. The quantitative estimate of drug-likeness (QED) is 0.670. The van der Waals surface area contributed by atoms with Crippen molar-refractivity contribution in [2.24, 2.45) is 5.92 Å². The molecular formula is C20H21N. The molecule has 2 aromatic rings. The van der Waals surface area contributed by atoms with Crippen LogP contribution in [0.15, 0.2) is 66.7 Å². The van der Waals surface area contributed by atoms with E-state index in [9.17, 15) is 0 Å². The first-order chi connectivity index (χ1) is 10.3. The summed E-state index contributed by atoms with van der Waals surface area (Å²) in [7, 11) is 0. The summed E-state index contributed by atoms with van der Waals surface area (Å²) >= 11 is 0. The van der Waals surface area contributed by atoms with Crippen LogP contribution < -0.4 is 0 Å². The van der Waals surface area contributed by atoms with E-state index < -0.39 is 0 Å². The summed E-state index contributed by atoms with van der Waals surface area (Å²) in [4.78, 5) is 2.68. The van der Waals surface area contributed by atoms with Crippen molar-refractivity contribution < 1.29 is 0 Å². The zero-order valence-corrected chi connectivity index (χ0v) is 12.5. The van der Waals surface area contributed by atoms with Crippen molar-refractivity contribution in [3.8, 4) is 0 Å². The Kier molecular flexibility index (Phi) is 2.97. The van der Waals surface area contributed by atoms with Crippen LogP contribution in [0.3, 0.4) is 0 Å². The average Bonchev–Trinajstić information content (AvgIpc) is 2.91. The predicted octanol–water partition coefficient (Wildman–Crippen LogP) is 4.88. The fourth-order valence-electron chi connectivity index (χ4n) is 4.06. The summed E-state index contributed by atoms with van der Waals surface area (Å²) < 4.78 is 0. The molecule has 21 heavy (non-hydrogen) atoms. The molecule has 0 saturated carbocycles. The van der Waals surface area contributed by atoms with Crippen LogP contribution in [0.4, 0.5) is 0 Å².